The molecule has 2 aromatic carbocycles. The smallest absolute Gasteiger partial charge is 0.254 e. The first-order valence-corrected chi connectivity index (χ1v) is 8.76. The van der Waals surface area contributed by atoms with Gasteiger partial charge in [-0.25, -0.2) is 0 Å². The fourth-order valence-corrected chi connectivity index (χ4v) is 3.20. The molecule has 0 bridgehead atoms. The van der Waals surface area contributed by atoms with Gasteiger partial charge in [0, 0.05) is 24.3 Å². The number of methoxy groups -OCH3 is 1. The molecule has 1 heterocycles. The Morgan fingerprint density at radius 1 is 1.04 bits per heavy atom. The summed E-state index contributed by atoms with van der Waals surface area (Å²) in [5, 5.41) is 0. The van der Waals surface area contributed by atoms with E-state index in [0.717, 1.165) is 11.3 Å². The molecule has 5 nitrogen and oxygen atoms in total. The monoisotopic (exact) mass is 352 g/mol. The summed E-state index contributed by atoms with van der Waals surface area (Å²) in [6.07, 6.45) is 0. The maximum absolute atomic E-state index is 12.9. The van der Waals surface area contributed by atoms with Gasteiger partial charge in [0.1, 0.15) is 11.8 Å². The summed E-state index contributed by atoms with van der Waals surface area (Å²) in [5.74, 6) is 0.514. The molecule has 3 rings (SSSR count). The summed E-state index contributed by atoms with van der Waals surface area (Å²) in [7, 11) is 1.59. The molecule has 136 valence electrons. The molecule has 0 radical (unpaired) electrons. The third kappa shape index (κ3) is 3.29. The lowest BCUT2D eigenvalue weighted by Gasteiger charge is -2.39. The number of aryl methyl sites for hydroxylation is 2. The van der Waals surface area contributed by atoms with Gasteiger partial charge in [-0.2, -0.15) is 0 Å². The minimum absolute atomic E-state index is 0.0543. The number of anilines is 1. The quantitative estimate of drug-likeness (QED) is 0.852. The highest BCUT2D eigenvalue weighted by molar-refractivity contribution is 6.03. The molecule has 1 fully saturated rings. The van der Waals surface area contributed by atoms with Crippen molar-refractivity contribution in [2.75, 3.05) is 25.1 Å². The van der Waals surface area contributed by atoms with Crippen LogP contribution in [0.3, 0.4) is 0 Å². The third-order valence-corrected chi connectivity index (χ3v) is 5.06. The fraction of sp³-hybridized carbons (Fsp3) is 0.333. The van der Waals surface area contributed by atoms with Crippen LogP contribution in [0.15, 0.2) is 42.5 Å². The first kappa shape index (κ1) is 18.0. The number of benzene rings is 2. The fourth-order valence-electron chi connectivity index (χ4n) is 3.20. The van der Waals surface area contributed by atoms with Crippen molar-refractivity contribution in [2.24, 2.45) is 0 Å². The van der Waals surface area contributed by atoms with Crippen LogP contribution in [-0.2, 0) is 4.79 Å². The van der Waals surface area contributed by atoms with E-state index in [0.29, 0.717) is 24.4 Å². The summed E-state index contributed by atoms with van der Waals surface area (Å²) in [5.41, 5.74) is 3.80. The molecule has 2 aromatic rings. The number of nitrogens with zero attached hydrogens (tertiary/aromatic N) is 2. The minimum Gasteiger partial charge on any atom is -0.497 e. The van der Waals surface area contributed by atoms with Crippen molar-refractivity contribution < 1.29 is 14.3 Å². The summed E-state index contributed by atoms with van der Waals surface area (Å²) < 4.78 is 5.13. The van der Waals surface area contributed by atoms with Crippen LogP contribution in [0.4, 0.5) is 5.69 Å². The van der Waals surface area contributed by atoms with E-state index in [-0.39, 0.29) is 11.8 Å². The number of ether oxygens (including phenoxy) is 1. The van der Waals surface area contributed by atoms with E-state index in [1.165, 1.54) is 5.56 Å². The van der Waals surface area contributed by atoms with Crippen LogP contribution in [-0.4, -0.2) is 43.0 Å². The highest BCUT2D eigenvalue weighted by Crippen LogP contribution is 2.24. The van der Waals surface area contributed by atoms with E-state index in [2.05, 4.69) is 6.92 Å². The molecule has 26 heavy (non-hydrogen) atoms. The average Bonchev–Trinajstić information content (AvgIpc) is 2.66. The van der Waals surface area contributed by atoms with E-state index in [1.54, 1.807) is 48.1 Å². The van der Waals surface area contributed by atoms with E-state index in [1.807, 2.05) is 25.1 Å². The molecule has 1 unspecified atom stereocenters. The van der Waals surface area contributed by atoms with Crippen LogP contribution >= 0.6 is 0 Å². The van der Waals surface area contributed by atoms with Crippen LogP contribution in [0.2, 0.25) is 0 Å². The van der Waals surface area contributed by atoms with Crippen molar-refractivity contribution >= 4 is 17.5 Å². The van der Waals surface area contributed by atoms with Crippen LogP contribution in [0.5, 0.6) is 5.75 Å². The first-order chi connectivity index (χ1) is 12.4. The molecule has 0 aliphatic carbocycles. The Labute approximate surface area is 154 Å². The molecule has 1 atom stereocenters. The largest absolute Gasteiger partial charge is 0.497 e. The lowest BCUT2D eigenvalue weighted by Crippen LogP contribution is -2.57. The Balaban J connectivity index is 1.78. The molecule has 0 aromatic heterocycles. The zero-order valence-electron chi connectivity index (χ0n) is 15.7. The number of carbonyl (C=O) groups is 2. The highest BCUT2D eigenvalue weighted by atomic mass is 16.5. The van der Waals surface area contributed by atoms with E-state index < -0.39 is 6.04 Å². The van der Waals surface area contributed by atoms with Gasteiger partial charge in [-0.15, -0.1) is 0 Å². The Morgan fingerprint density at radius 3 is 2.35 bits per heavy atom. The molecule has 1 saturated heterocycles. The first-order valence-electron chi connectivity index (χ1n) is 8.76. The number of amides is 2. The molecule has 2 amide bonds. The van der Waals surface area contributed by atoms with Crippen molar-refractivity contribution in [2.45, 2.75) is 26.8 Å². The van der Waals surface area contributed by atoms with E-state index >= 15 is 0 Å². The lowest BCUT2D eigenvalue weighted by molar-refractivity contribution is -0.124. The second kappa shape index (κ2) is 7.20. The second-order valence-corrected chi connectivity index (χ2v) is 6.66. The van der Waals surface area contributed by atoms with E-state index in [9.17, 15) is 9.59 Å². The van der Waals surface area contributed by atoms with Gasteiger partial charge in [-0.05, 0) is 68.3 Å². The summed E-state index contributed by atoms with van der Waals surface area (Å²) >= 11 is 0. The van der Waals surface area contributed by atoms with Gasteiger partial charge in [0.25, 0.3) is 5.91 Å². The molecule has 0 spiro atoms. The van der Waals surface area contributed by atoms with Crippen LogP contribution < -0.4 is 9.64 Å². The standard InChI is InChI=1S/C21H24N2O3/c1-14-5-8-18(13-15(14)2)23-12-11-22(16(3)20(23)24)21(25)17-6-9-19(26-4)10-7-17/h5-10,13,16H,11-12H2,1-4H3. The Bertz CT molecular complexity index is 830. The predicted molar refractivity (Wildman–Crippen MR) is 102 cm³/mol. The zero-order chi connectivity index (χ0) is 18.8. The van der Waals surface area contributed by atoms with Gasteiger partial charge in [0.05, 0.1) is 7.11 Å². The van der Waals surface area contributed by atoms with Gasteiger partial charge in [-0.3, -0.25) is 9.59 Å². The van der Waals surface area contributed by atoms with Gasteiger partial charge < -0.3 is 14.5 Å². The molecule has 0 N–H and O–H groups in total. The van der Waals surface area contributed by atoms with Crippen LogP contribution in [0, 0.1) is 13.8 Å². The maximum Gasteiger partial charge on any atom is 0.254 e. The van der Waals surface area contributed by atoms with Crippen molar-refractivity contribution in [3.63, 3.8) is 0 Å². The summed E-state index contributed by atoms with van der Waals surface area (Å²) in [4.78, 5) is 29.1. The van der Waals surface area contributed by atoms with Crippen LogP contribution in [0.25, 0.3) is 0 Å². The zero-order valence-corrected chi connectivity index (χ0v) is 15.7. The number of hydrogen-bond acceptors (Lipinski definition) is 3. The molecule has 5 heteroatoms. The van der Waals surface area contributed by atoms with Crippen molar-refractivity contribution in [1.82, 2.24) is 4.90 Å². The number of rotatable bonds is 3. The number of carbonyl (C=O) groups excluding carboxylic acids is 2. The average molecular weight is 352 g/mol. The molecule has 1 aliphatic heterocycles. The second-order valence-electron chi connectivity index (χ2n) is 6.66. The normalized spacial score (nSPS) is 17.4. The van der Waals surface area contributed by atoms with Gasteiger partial charge in [0.15, 0.2) is 0 Å². The van der Waals surface area contributed by atoms with Gasteiger partial charge in [-0.1, -0.05) is 6.07 Å². The molecular weight excluding hydrogens is 328 g/mol. The summed E-state index contributed by atoms with van der Waals surface area (Å²) in [6.45, 7) is 6.88. The Morgan fingerprint density at radius 2 is 1.73 bits per heavy atom. The van der Waals surface area contributed by atoms with Crippen molar-refractivity contribution in [1.29, 1.82) is 0 Å². The van der Waals surface area contributed by atoms with Gasteiger partial charge >= 0.3 is 0 Å². The Kier molecular flexibility index (Phi) is 4.98. The van der Waals surface area contributed by atoms with Crippen molar-refractivity contribution in [3.8, 4) is 5.75 Å². The van der Waals surface area contributed by atoms with Crippen molar-refractivity contribution in [3.05, 3.63) is 59.2 Å². The number of hydrogen-bond donors (Lipinski definition) is 0. The SMILES string of the molecule is COc1ccc(C(=O)N2CCN(c3ccc(C)c(C)c3)C(=O)C2C)cc1. The minimum atomic E-state index is -0.500. The maximum atomic E-state index is 12.9. The van der Waals surface area contributed by atoms with E-state index in [4.69, 9.17) is 4.74 Å². The predicted octanol–water partition coefficient (Wildman–Crippen LogP) is 3.19. The number of piperazine rings is 1. The van der Waals surface area contributed by atoms with Crippen LogP contribution in [0.1, 0.15) is 28.4 Å². The Hall–Kier alpha value is -2.82. The molecule has 1 aliphatic rings. The topological polar surface area (TPSA) is 49.9 Å². The van der Waals surface area contributed by atoms with Gasteiger partial charge in [0.2, 0.25) is 5.91 Å². The molecular formula is C21H24N2O3. The third-order valence-electron chi connectivity index (χ3n) is 5.06. The summed E-state index contributed by atoms with van der Waals surface area (Å²) in [6, 6.07) is 12.5. The molecule has 0 saturated carbocycles. The highest BCUT2D eigenvalue weighted by Gasteiger charge is 2.35. The lowest BCUT2D eigenvalue weighted by atomic mass is 10.1.